The van der Waals surface area contributed by atoms with Crippen molar-refractivity contribution in [3.63, 3.8) is 0 Å². The Balaban J connectivity index is 1.86. The third-order valence-electron chi connectivity index (χ3n) is 3.75. The summed E-state index contributed by atoms with van der Waals surface area (Å²) in [6, 6.07) is 7.71. The number of benzene rings is 1. The largest absolute Gasteiger partial charge is 0.366 e. The Labute approximate surface area is 126 Å². The van der Waals surface area contributed by atoms with E-state index in [0.717, 1.165) is 17.0 Å². The van der Waals surface area contributed by atoms with Gasteiger partial charge in [-0.3, -0.25) is 0 Å². The third kappa shape index (κ3) is 3.95. The van der Waals surface area contributed by atoms with E-state index in [-0.39, 0.29) is 6.29 Å². The molecule has 0 radical (unpaired) electrons. The lowest BCUT2D eigenvalue weighted by Gasteiger charge is -2.39. The molecule has 1 aliphatic rings. The molecule has 1 saturated heterocycles. The molecule has 0 spiro atoms. The van der Waals surface area contributed by atoms with E-state index in [1.165, 1.54) is 0 Å². The molecule has 1 fully saturated rings. The zero-order chi connectivity index (χ0) is 14.6. The third-order valence-corrected chi connectivity index (χ3v) is 4.12. The average Bonchev–Trinajstić information content (AvgIpc) is 2.46. The molecule has 0 aromatic heterocycles. The van der Waals surface area contributed by atoms with Gasteiger partial charge in [-0.15, -0.1) is 0 Å². The van der Waals surface area contributed by atoms with Crippen LogP contribution in [-0.4, -0.2) is 25.1 Å². The van der Waals surface area contributed by atoms with Crippen LogP contribution in [0, 0.1) is 5.92 Å². The first-order valence-electron chi connectivity index (χ1n) is 7.14. The van der Waals surface area contributed by atoms with Gasteiger partial charge in [-0.25, -0.2) is 0 Å². The van der Waals surface area contributed by atoms with Crippen LogP contribution in [0.4, 0.5) is 0 Å². The van der Waals surface area contributed by atoms with Crippen molar-refractivity contribution < 1.29 is 14.2 Å². The first kappa shape index (κ1) is 15.8. The molecule has 1 aromatic carbocycles. The molecule has 1 atom stereocenters. The fourth-order valence-corrected chi connectivity index (χ4v) is 2.27. The highest BCUT2D eigenvalue weighted by Gasteiger charge is 2.35. The zero-order valence-electron chi connectivity index (χ0n) is 12.4. The van der Waals surface area contributed by atoms with Gasteiger partial charge in [-0.05, 0) is 25.0 Å². The van der Waals surface area contributed by atoms with E-state index in [1.54, 1.807) is 0 Å². The molecule has 4 heteroatoms. The van der Waals surface area contributed by atoms with Gasteiger partial charge in [-0.1, -0.05) is 43.6 Å². The van der Waals surface area contributed by atoms with Crippen molar-refractivity contribution in [3.05, 3.63) is 34.9 Å². The molecule has 1 aromatic rings. The fraction of sp³-hybridized carbons (Fsp3) is 0.625. The van der Waals surface area contributed by atoms with E-state index in [2.05, 4.69) is 13.8 Å². The van der Waals surface area contributed by atoms with Gasteiger partial charge >= 0.3 is 0 Å². The maximum Gasteiger partial charge on any atom is 0.160 e. The number of hydrogen-bond acceptors (Lipinski definition) is 3. The molecule has 1 heterocycles. The first-order valence-corrected chi connectivity index (χ1v) is 7.52. The monoisotopic (exact) mass is 298 g/mol. The maximum atomic E-state index is 6.13. The molecular formula is C16H23ClO3. The highest BCUT2D eigenvalue weighted by molar-refractivity contribution is 6.31. The van der Waals surface area contributed by atoms with Crippen molar-refractivity contribution in [1.29, 1.82) is 0 Å². The lowest BCUT2D eigenvalue weighted by atomic mass is 10.1. The minimum absolute atomic E-state index is 0.114. The topological polar surface area (TPSA) is 27.7 Å². The Morgan fingerprint density at radius 3 is 2.60 bits per heavy atom. The van der Waals surface area contributed by atoms with Crippen LogP contribution in [0.2, 0.25) is 5.02 Å². The second-order valence-corrected chi connectivity index (χ2v) is 6.11. The number of ether oxygens (including phenoxy) is 3. The molecule has 1 unspecified atom stereocenters. The zero-order valence-corrected chi connectivity index (χ0v) is 13.2. The highest BCUT2D eigenvalue weighted by atomic mass is 35.5. The van der Waals surface area contributed by atoms with Crippen LogP contribution >= 0.6 is 11.6 Å². The van der Waals surface area contributed by atoms with Crippen molar-refractivity contribution in [3.8, 4) is 0 Å². The van der Waals surface area contributed by atoms with E-state index in [0.29, 0.717) is 25.7 Å². The summed E-state index contributed by atoms with van der Waals surface area (Å²) >= 11 is 6.13. The summed E-state index contributed by atoms with van der Waals surface area (Å²) in [7, 11) is 0. The van der Waals surface area contributed by atoms with Crippen molar-refractivity contribution in [2.75, 3.05) is 13.2 Å². The lowest BCUT2D eigenvalue weighted by Crippen LogP contribution is -2.48. The Kier molecular flexibility index (Phi) is 5.44. The van der Waals surface area contributed by atoms with Crippen LogP contribution in [0.5, 0.6) is 0 Å². The van der Waals surface area contributed by atoms with Gasteiger partial charge in [-0.2, -0.15) is 0 Å². The normalized spacial score (nSPS) is 28.3. The minimum atomic E-state index is -0.414. The van der Waals surface area contributed by atoms with Gasteiger partial charge in [0.05, 0.1) is 19.8 Å². The maximum absolute atomic E-state index is 6.13. The summed E-state index contributed by atoms with van der Waals surface area (Å²) in [5, 5.41) is 0.728. The minimum Gasteiger partial charge on any atom is -0.366 e. The number of halogens is 1. The van der Waals surface area contributed by atoms with Gasteiger partial charge in [0.15, 0.2) is 6.29 Å². The molecule has 1 aliphatic heterocycles. The SMILES string of the molecule is CCC(C)C1OCC(C)(OCc2ccccc2Cl)CO1. The van der Waals surface area contributed by atoms with Crippen LogP contribution < -0.4 is 0 Å². The Morgan fingerprint density at radius 2 is 2.00 bits per heavy atom. The highest BCUT2D eigenvalue weighted by Crippen LogP contribution is 2.26. The smallest absolute Gasteiger partial charge is 0.160 e. The van der Waals surface area contributed by atoms with Gasteiger partial charge in [0.2, 0.25) is 0 Å². The van der Waals surface area contributed by atoms with Crippen molar-refractivity contribution in [2.45, 2.75) is 45.7 Å². The molecule has 0 aliphatic carbocycles. The molecule has 0 bridgehead atoms. The molecule has 0 saturated carbocycles. The summed E-state index contributed by atoms with van der Waals surface area (Å²) in [6.07, 6.45) is 0.930. The van der Waals surface area contributed by atoms with Crippen LogP contribution in [0.1, 0.15) is 32.8 Å². The van der Waals surface area contributed by atoms with E-state index in [9.17, 15) is 0 Å². The second kappa shape index (κ2) is 6.90. The average molecular weight is 299 g/mol. The van der Waals surface area contributed by atoms with Gasteiger partial charge in [0.1, 0.15) is 5.60 Å². The lowest BCUT2D eigenvalue weighted by molar-refractivity contribution is -0.277. The van der Waals surface area contributed by atoms with Gasteiger partial charge in [0, 0.05) is 10.9 Å². The molecule has 3 nitrogen and oxygen atoms in total. The molecule has 2 rings (SSSR count). The van der Waals surface area contributed by atoms with Crippen LogP contribution in [0.3, 0.4) is 0 Å². The van der Waals surface area contributed by atoms with Crippen molar-refractivity contribution in [1.82, 2.24) is 0 Å². The number of rotatable bonds is 5. The Bertz CT molecular complexity index is 427. The van der Waals surface area contributed by atoms with E-state index >= 15 is 0 Å². The molecule has 0 amide bonds. The van der Waals surface area contributed by atoms with E-state index in [4.69, 9.17) is 25.8 Å². The Hall–Kier alpha value is -0.610. The molecular weight excluding hydrogens is 276 g/mol. The molecule has 0 N–H and O–H groups in total. The molecule has 112 valence electrons. The standard InChI is InChI=1S/C16H23ClO3/c1-4-12(2)15-18-10-16(3,11-19-15)20-9-13-7-5-6-8-14(13)17/h5-8,12,15H,4,9-11H2,1-3H3. The summed E-state index contributed by atoms with van der Waals surface area (Å²) in [5.74, 6) is 0.406. The predicted octanol–water partition coefficient (Wildman–Crippen LogP) is 4.03. The predicted molar refractivity (Wildman–Crippen MR) is 79.8 cm³/mol. The first-order chi connectivity index (χ1) is 9.54. The van der Waals surface area contributed by atoms with Gasteiger partial charge < -0.3 is 14.2 Å². The van der Waals surface area contributed by atoms with Crippen molar-refractivity contribution in [2.24, 2.45) is 5.92 Å². The molecule has 20 heavy (non-hydrogen) atoms. The fourth-order valence-electron chi connectivity index (χ4n) is 2.08. The summed E-state index contributed by atoms with van der Waals surface area (Å²) in [6.45, 7) is 7.85. The summed E-state index contributed by atoms with van der Waals surface area (Å²) in [5.41, 5.74) is 0.572. The quantitative estimate of drug-likeness (QED) is 0.821. The van der Waals surface area contributed by atoms with Crippen molar-refractivity contribution >= 4 is 11.6 Å². The van der Waals surface area contributed by atoms with Crippen LogP contribution in [0.25, 0.3) is 0 Å². The summed E-state index contributed by atoms with van der Waals surface area (Å²) in [4.78, 5) is 0. The van der Waals surface area contributed by atoms with Crippen LogP contribution in [-0.2, 0) is 20.8 Å². The Morgan fingerprint density at radius 1 is 1.35 bits per heavy atom. The van der Waals surface area contributed by atoms with E-state index in [1.807, 2.05) is 31.2 Å². The number of hydrogen-bond donors (Lipinski definition) is 0. The second-order valence-electron chi connectivity index (χ2n) is 5.71. The van der Waals surface area contributed by atoms with Crippen LogP contribution in [0.15, 0.2) is 24.3 Å². The summed E-state index contributed by atoms with van der Waals surface area (Å²) < 4.78 is 17.5. The van der Waals surface area contributed by atoms with Gasteiger partial charge in [0.25, 0.3) is 0 Å². The van der Waals surface area contributed by atoms with E-state index < -0.39 is 5.60 Å².